The Morgan fingerprint density at radius 1 is 1.15 bits per heavy atom. The summed E-state index contributed by atoms with van der Waals surface area (Å²) in [7, 11) is 0. The van der Waals surface area contributed by atoms with E-state index in [4.69, 9.17) is 0 Å². The van der Waals surface area contributed by atoms with Gasteiger partial charge >= 0.3 is 0 Å². The van der Waals surface area contributed by atoms with Crippen LogP contribution >= 0.6 is 0 Å². The Labute approximate surface area is 194 Å². The highest BCUT2D eigenvalue weighted by molar-refractivity contribution is 5.92. The molecule has 8 nitrogen and oxygen atoms in total. The van der Waals surface area contributed by atoms with Gasteiger partial charge in [0.2, 0.25) is 0 Å². The highest BCUT2D eigenvalue weighted by atomic mass is 16.3. The molecule has 4 rings (SSSR count). The molecule has 0 spiro atoms. The van der Waals surface area contributed by atoms with Crippen LogP contribution in [0.25, 0.3) is 0 Å². The maximum absolute atomic E-state index is 12.6. The Hall–Kier alpha value is -2.84. The van der Waals surface area contributed by atoms with Crippen molar-refractivity contribution >= 4 is 17.5 Å². The summed E-state index contributed by atoms with van der Waals surface area (Å²) in [6, 6.07) is 10.3. The van der Waals surface area contributed by atoms with Gasteiger partial charge in [-0.05, 0) is 50.2 Å². The molecule has 0 radical (unpaired) electrons. The van der Waals surface area contributed by atoms with Gasteiger partial charge in [0.25, 0.3) is 5.91 Å². The minimum absolute atomic E-state index is 0.165. The zero-order valence-electron chi connectivity index (χ0n) is 19.2. The van der Waals surface area contributed by atoms with E-state index in [9.17, 15) is 14.7 Å². The second-order valence-electron chi connectivity index (χ2n) is 9.21. The fourth-order valence-corrected chi connectivity index (χ4v) is 4.79. The lowest BCUT2D eigenvalue weighted by Crippen LogP contribution is -2.42. The number of hydrogen-bond donors (Lipinski definition) is 3. The van der Waals surface area contributed by atoms with Crippen molar-refractivity contribution in [2.75, 3.05) is 25.0 Å². The Balaban J connectivity index is 1.23. The normalized spacial score (nSPS) is 21.6. The van der Waals surface area contributed by atoms with Gasteiger partial charge in [0.15, 0.2) is 0 Å². The molecule has 2 aromatic rings. The van der Waals surface area contributed by atoms with Gasteiger partial charge < -0.3 is 15.7 Å². The van der Waals surface area contributed by atoms with Crippen molar-refractivity contribution in [2.24, 2.45) is 5.92 Å². The molecule has 1 saturated carbocycles. The quantitative estimate of drug-likeness (QED) is 0.565. The number of Topliss-reactive ketones (excluding diaryl/α,β-unsaturated/α-hetero) is 1. The van der Waals surface area contributed by atoms with Crippen LogP contribution < -0.4 is 10.6 Å². The lowest BCUT2D eigenvalue weighted by Gasteiger charge is -2.30. The molecule has 1 aliphatic carbocycles. The third-order valence-corrected chi connectivity index (χ3v) is 6.73. The fraction of sp³-hybridized carbons (Fsp3) is 0.520. The van der Waals surface area contributed by atoms with Gasteiger partial charge in [-0.25, -0.2) is 9.97 Å². The lowest BCUT2D eigenvalue weighted by atomic mass is 9.84. The molecule has 2 aliphatic rings. The lowest BCUT2D eigenvalue weighted by molar-refractivity contribution is -0.121. The number of carbonyl (C=O) groups excluding carboxylic acids is 2. The maximum atomic E-state index is 12.6. The van der Waals surface area contributed by atoms with Crippen molar-refractivity contribution in [1.82, 2.24) is 20.2 Å². The first-order valence-electron chi connectivity index (χ1n) is 11.8. The Bertz CT molecular complexity index is 974. The summed E-state index contributed by atoms with van der Waals surface area (Å²) in [5.74, 6) is 0.709. The highest BCUT2D eigenvalue weighted by Crippen LogP contribution is 2.26. The number of nitrogens with zero attached hydrogens (tertiary/aromatic N) is 3. The van der Waals surface area contributed by atoms with E-state index in [1.165, 1.54) is 17.5 Å². The minimum atomic E-state index is -0.657. The summed E-state index contributed by atoms with van der Waals surface area (Å²) in [4.78, 5) is 34.7. The number of nitrogens with one attached hydrogen (secondary N) is 2. The molecule has 1 amide bonds. The van der Waals surface area contributed by atoms with Gasteiger partial charge in [0.1, 0.15) is 23.6 Å². The van der Waals surface area contributed by atoms with E-state index < -0.39 is 6.10 Å². The van der Waals surface area contributed by atoms with Gasteiger partial charge in [-0.2, -0.15) is 0 Å². The average molecular weight is 452 g/mol. The third-order valence-electron chi connectivity index (χ3n) is 6.73. The van der Waals surface area contributed by atoms with Crippen molar-refractivity contribution in [3.05, 3.63) is 53.5 Å². The average Bonchev–Trinajstić information content (AvgIpc) is 2.83. The number of aliphatic hydroxyl groups is 1. The van der Waals surface area contributed by atoms with Gasteiger partial charge in [-0.15, -0.1) is 0 Å². The molecule has 176 valence electrons. The second-order valence-corrected chi connectivity index (χ2v) is 9.21. The zero-order valence-corrected chi connectivity index (χ0v) is 19.2. The SMILES string of the molecule is CC(=O)C1CCC(Nc2cc(C(=O)NC[C@H](O)CN3CCc4ccccc4C3)ncn2)CC1. The van der Waals surface area contributed by atoms with Gasteiger partial charge in [0.05, 0.1) is 6.10 Å². The number of hydrogen-bond acceptors (Lipinski definition) is 7. The van der Waals surface area contributed by atoms with Crippen LogP contribution in [0.15, 0.2) is 36.7 Å². The standard InChI is InChI=1S/C25H33N5O3/c1-17(31)18-6-8-21(9-7-18)29-24-12-23(27-16-28-24)25(33)26-13-22(32)15-30-11-10-19-4-2-3-5-20(19)14-30/h2-5,12,16,18,21-22,32H,6-11,13-15H2,1H3,(H,26,33)(H,27,28,29)/t18?,21?,22-/m0/s1. The second kappa shape index (κ2) is 10.9. The van der Waals surface area contributed by atoms with Gasteiger partial charge in [-0.1, -0.05) is 24.3 Å². The molecule has 0 unspecified atom stereocenters. The predicted octanol–water partition coefficient (Wildman–Crippen LogP) is 2.19. The predicted molar refractivity (Wildman–Crippen MR) is 126 cm³/mol. The van der Waals surface area contributed by atoms with E-state index >= 15 is 0 Å². The third kappa shape index (κ3) is 6.36. The number of carbonyl (C=O) groups is 2. The minimum Gasteiger partial charge on any atom is -0.390 e. The summed E-state index contributed by atoms with van der Waals surface area (Å²) in [6.07, 6.45) is 5.27. The smallest absolute Gasteiger partial charge is 0.270 e. The van der Waals surface area contributed by atoms with Crippen molar-refractivity contribution in [1.29, 1.82) is 0 Å². The van der Waals surface area contributed by atoms with Gasteiger partial charge in [0, 0.05) is 44.2 Å². The van der Waals surface area contributed by atoms with E-state index in [-0.39, 0.29) is 35.9 Å². The van der Waals surface area contributed by atoms with Gasteiger partial charge in [-0.3, -0.25) is 14.5 Å². The molecule has 2 heterocycles. The number of β-amino-alcohol motifs (C(OH)–C–C–N with tert-alkyl or cyclic N) is 1. The summed E-state index contributed by atoms with van der Waals surface area (Å²) in [5.41, 5.74) is 2.94. The molecule has 0 bridgehead atoms. The van der Waals surface area contributed by atoms with E-state index in [1.54, 1.807) is 13.0 Å². The van der Waals surface area contributed by atoms with E-state index in [1.807, 2.05) is 6.07 Å². The number of amides is 1. The number of benzene rings is 1. The van der Waals surface area contributed by atoms with Crippen molar-refractivity contribution in [2.45, 2.75) is 57.7 Å². The number of rotatable bonds is 8. The number of anilines is 1. The van der Waals surface area contributed by atoms with Crippen molar-refractivity contribution in [3.8, 4) is 0 Å². The fourth-order valence-electron chi connectivity index (χ4n) is 4.79. The van der Waals surface area contributed by atoms with Crippen LogP contribution in [0.4, 0.5) is 5.82 Å². The van der Waals surface area contributed by atoms with Crippen molar-refractivity contribution in [3.63, 3.8) is 0 Å². The molecular formula is C25H33N5O3. The van der Waals surface area contributed by atoms with Crippen LogP contribution in [-0.2, 0) is 17.8 Å². The summed E-state index contributed by atoms with van der Waals surface area (Å²) >= 11 is 0. The van der Waals surface area contributed by atoms with Crippen LogP contribution in [0.1, 0.15) is 54.2 Å². The van der Waals surface area contributed by atoms with Crippen LogP contribution in [-0.4, -0.2) is 63.4 Å². The summed E-state index contributed by atoms with van der Waals surface area (Å²) in [6.45, 7) is 4.05. The van der Waals surface area contributed by atoms with Crippen LogP contribution in [0, 0.1) is 5.92 Å². The number of ketones is 1. The number of aliphatic hydroxyl groups excluding tert-OH is 1. The van der Waals surface area contributed by atoms with Crippen molar-refractivity contribution < 1.29 is 14.7 Å². The molecule has 1 aliphatic heterocycles. The summed E-state index contributed by atoms with van der Waals surface area (Å²) in [5, 5.41) is 16.6. The van der Waals surface area contributed by atoms with Crippen LogP contribution in [0.5, 0.6) is 0 Å². The Morgan fingerprint density at radius 2 is 1.91 bits per heavy atom. The van der Waals surface area contributed by atoms with Crippen LogP contribution in [0.3, 0.4) is 0 Å². The molecule has 3 N–H and O–H groups in total. The molecule has 0 saturated heterocycles. The zero-order chi connectivity index (χ0) is 23.2. The summed E-state index contributed by atoms with van der Waals surface area (Å²) < 4.78 is 0. The molecule has 1 atom stereocenters. The Kier molecular flexibility index (Phi) is 7.67. The largest absolute Gasteiger partial charge is 0.390 e. The molecule has 1 aromatic heterocycles. The molecule has 33 heavy (non-hydrogen) atoms. The van der Waals surface area contributed by atoms with Crippen LogP contribution in [0.2, 0.25) is 0 Å². The molecule has 1 fully saturated rings. The van der Waals surface area contributed by atoms with E-state index in [2.05, 4.69) is 43.7 Å². The molecular weight excluding hydrogens is 418 g/mol. The first kappa shape index (κ1) is 23.3. The van der Waals surface area contributed by atoms with E-state index in [0.29, 0.717) is 12.4 Å². The maximum Gasteiger partial charge on any atom is 0.270 e. The van der Waals surface area contributed by atoms with E-state index in [0.717, 1.165) is 45.2 Å². The molecule has 1 aromatic carbocycles. The first-order chi connectivity index (χ1) is 16.0. The topological polar surface area (TPSA) is 107 Å². The first-order valence-corrected chi connectivity index (χ1v) is 11.8. The monoisotopic (exact) mass is 451 g/mol. The number of fused-ring (bicyclic) bond motifs is 1. The Morgan fingerprint density at radius 3 is 2.67 bits per heavy atom. The molecule has 8 heteroatoms. The number of aromatic nitrogens is 2. The highest BCUT2D eigenvalue weighted by Gasteiger charge is 2.24.